The van der Waals surface area contributed by atoms with Crippen molar-refractivity contribution >= 4 is 17.5 Å². The summed E-state index contributed by atoms with van der Waals surface area (Å²) < 4.78 is 5.47. The van der Waals surface area contributed by atoms with Gasteiger partial charge in [-0.15, -0.1) is 0 Å². The summed E-state index contributed by atoms with van der Waals surface area (Å²) in [4.78, 5) is 18.9. The standard InChI is InChI=1S/C18H22ClN3O2/c1-18(2,3)17(23)22-10-4-5-13(11-22)16-20-15(21-24-16)12-6-8-14(19)9-7-12/h6-9,13H,4-5,10-11H2,1-3H3. The lowest BCUT2D eigenvalue weighted by Gasteiger charge is -2.35. The van der Waals surface area contributed by atoms with Crippen molar-refractivity contribution in [3.63, 3.8) is 0 Å². The highest BCUT2D eigenvalue weighted by Gasteiger charge is 2.33. The molecule has 3 rings (SSSR count). The number of benzene rings is 1. The molecule has 24 heavy (non-hydrogen) atoms. The molecule has 1 aromatic heterocycles. The van der Waals surface area contributed by atoms with Gasteiger partial charge < -0.3 is 9.42 Å². The Morgan fingerprint density at radius 2 is 2.00 bits per heavy atom. The van der Waals surface area contributed by atoms with Gasteiger partial charge >= 0.3 is 0 Å². The quantitative estimate of drug-likeness (QED) is 0.819. The van der Waals surface area contributed by atoms with E-state index < -0.39 is 0 Å². The van der Waals surface area contributed by atoms with E-state index in [9.17, 15) is 4.79 Å². The van der Waals surface area contributed by atoms with Gasteiger partial charge in [-0.1, -0.05) is 37.5 Å². The summed E-state index contributed by atoms with van der Waals surface area (Å²) in [6.07, 6.45) is 1.90. The minimum atomic E-state index is -0.370. The number of nitrogens with zero attached hydrogens (tertiary/aromatic N) is 3. The van der Waals surface area contributed by atoms with Crippen molar-refractivity contribution in [2.75, 3.05) is 13.1 Å². The van der Waals surface area contributed by atoms with Gasteiger partial charge in [-0.05, 0) is 37.1 Å². The largest absolute Gasteiger partial charge is 0.341 e. The van der Waals surface area contributed by atoms with Gasteiger partial charge in [-0.3, -0.25) is 4.79 Å². The number of piperidine rings is 1. The molecule has 1 fully saturated rings. The molecule has 1 saturated heterocycles. The van der Waals surface area contributed by atoms with Crippen LogP contribution in [0, 0.1) is 5.41 Å². The van der Waals surface area contributed by atoms with E-state index in [4.69, 9.17) is 16.1 Å². The highest BCUT2D eigenvalue weighted by molar-refractivity contribution is 6.30. The SMILES string of the molecule is CC(C)(C)C(=O)N1CCCC(c2nc(-c3ccc(Cl)cc3)no2)C1. The Morgan fingerprint density at radius 3 is 2.67 bits per heavy atom. The van der Waals surface area contributed by atoms with Gasteiger partial charge in [0.15, 0.2) is 0 Å². The number of amides is 1. The van der Waals surface area contributed by atoms with Crippen molar-refractivity contribution < 1.29 is 9.32 Å². The van der Waals surface area contributed by atoms with Crippen molar-refractivity contribution in [2.45, 2.75) is 39.5 Å². The summed E-state index contributed by atoms with van der Waals surface area (Å²) in [5.74, 6) is 1.43. The molecule has 1 aliphatic rings. The minimum absolute atomic E-state index is 0.0959. The maximum atomic E-state index is 12.5. The van der Waals surface area contributed by atoms with E-state index in [1.165, 1.54) is 0 Å². The predicted molar refractivity (Wildman–Crippen MR) is 92.8 cm³/mol. The van der Waals surface area contributed by atoms with Gasteiger partial charge in [0.2, 0.25) is 17.6 Å². The van der Waals surface area contributed by atoms with Gasteiger partial charge in [0, 0.05) is 29.1 Å². The molecular weight excluding hydrogens is 326 g/mol. The second kappa shape index (κ2) is 6.55. The normalized spacial score (nSPS) is 18.7. The zero-order valence-electron chi connectivity index (χ0n) is 14.3. The van der Waals surface area contributed by atoms with Crippen molar-refractivity contribution in [3.05, 3.63) is 35.2 Å². The Morgan fingerprint density at radius 1 is 1.29 bits per heavy atom. The van der Waals surface area contributed by atoms with Crippen LogP contribution in [0.1, 0.15) is 45.4 Å². The number of carbonyl (C=O) groups is 1. The molecule has 1 aliphatic heterocycles. The van der Waals surface area contributed by atoms with Crippen LogP contribution in [0.3, 0.4) is 0 Å². The Bertz CT molecular complexity index is 719. The molecule has 0 radical (unpaired) electrons. The lowest BCUT2D eigenvalue weighted by molar-refractivity contribution is -0.140. The van der Waals surface area contributed by atoms with Gasteiger partial charge in [-0.25, -0.2) is 0 Å². The molecule has 5 nitrogen and oxygen atoms in total. The molecule has 1 amide bonds. The Hall–Kier alpha value is -1.88. The summed E-state index contributed by atoms with van der Waals surface area (Å²) in [5, 5.41) is 4.75. The van der Waals surface area contributed by atoms with E-state index in [0.29, 0.717) is 23.3 Å². The van der Waals surface area contributed by atoms with Crippen LogP contribution in [0.5, 0.6) is 0 Å². The number of likely N-dealkylation sites (tertiary alicyclic amines) is 1. The molecule has 1 atom stereocenters. The predicted octanol–water partition coefficient (Wildman–Crippen LogP) is 4.14. The fraction of sp³-hybridized carbons (Fsp3) is 0.500. The molecule has 0 saturated carbocycles. The van der Waals surface area contributed by atoms with Gasteiger partial charge in [0.1, 0.15) is 0 Å². The summed E-state index contributed by atoms with van der Waals surface area (Å²) in [5.41, 5.74) is 0.499. The average molecular weight is 348 g/mol. The lowest BCUT2D eigenvalue weighted by Crippen LogP contribution is -2.44. The summed E-state index contributed by atoms with van der Waals surface area (Å²) in [6.45, 7) is 7.28. The zero-order chi connectivity index (χ0) is 17.3. The number of carbonyl (C=O) groups excluding carboxylic acids is 1. The van der Waals surface area contributed by atoms with E-state index in [2.05, 4.69) is 10.1 Å². The van der Waals surface area contributed by atoms with E-state index in [-0.39, 0.29) is 17.2 Å². The van der Waals surface area contributed by atoms with Crippen LogP contribution in [0.2, 0.25) is 5.02 Å². The molecule has 0 N–H and O–H groups in total. The minimum Gasteiger partial charge on any atom is -0.341 e. The zero-order valence-corrected chi connectivity index (χ0v) is 15.0. The van der Waals surface area contributed by atoms with Crippen molar-refractivity contribution in [3.8, 4) is 11.4 Å². The van der Waals surface area contributed by atoms with Gasteiger partial charge in [0.05, 0.1) is 5.92 Å². The third-order valence-corrected chi connectivity index (χ3v) is 4.50. The van der Waals surface area contributed by atoms with Crippen LogP contribution in [-0.4, -0.2) is 34.0 Å². The molecule has 128 valence electrons. The van der Waals surface area contributed by atoms with Gasteiger partial charge in [-0.2, -0.15) is 4.98 Å². The maximum Gasteiger partial charge on any atom is 0.231 e. The summed E-state index contributed by atoms with van der Waals surface area (Å²) in [6, 6.07) is 7.34. The first-order valence-corrected chi connectivity index (χ1v) is 8.61. The Labute approximate surface area is 147 Å². The summed E-state index contributed by atoms with van der Waals surface area (Å²) in [7, 11) is 0. The third-order valence-electron chi connectivity index (χ3n) is 4.24. The Kier molecular flexibility index (Phi) is 4.63. The highest BCUT2D eigenvalue weighted by atomic mass is 35.5. The van der Waals surface area contributed by atoms with Crippen molar-refractivity contribution in [1.82, 2.24) is 15.0 Å². The van der Waals surface area contributed by atoms with Gasteiger partial charge in [0.25, 0.3) is 0 Å². The number of rotatable bonds is 2. The van der Waals surface area contributed by atoms with E-state index in [1.807, 2.05) is 37.8 Å². The van der Waals surface area contributed by atoms with E-state index in [1.54, 1.807) is 12.1 Å². The number of halogens is 1. The Balaban J connectivity index is 1.75. The molecule has 1 aromatic carbocycles. The highest BCUT2D eigenvalue weighted by Crippen LogP contribution is 2.30. The first kappa shape index (κ1) is 17.0. The average Bonchev–Trinajstić information content (AvgIpc) is 3.04. The molecule has 0 aliphatic carbocycles. The fourth-order valence-corrected chi connectivity index (χ4v) is 3.08. The van der Waals surface area contributed by atoms with Crippen LogP contribution < -0.4 is 0 Å². The second-order valence-corrected chi connectivity index (χ2v) is 7.74. The number of aromatic nitrogens is 2. The third kappa shape index (κ3) is 3.61. The molecule has 1 unspecified atom stereocenters. The molecule has 0 spiro atoms. The number of hydrogen-bond acceptors (Lipinski definition) is 4. The number of hydrogen-bond donors (Lipinski definition) is 0. The van der Waals surface area contributed by atoms with Crippen molar-refractivity contribution in [2.24, 2.45) is 5.41 Å². The molecular formula is C18H22ClN3O2. The smallest absolute Gasteiger partial charge is 0.231 e. The first-order chi connectivity index (χ1) is 11.3. The van der Waals surface area contributed by atoms with E-state index >= 15 is 0 Å². The molecule has 2 heterocycles. The van der Waals surface area contributed by atoms with E-state index in [0.717, 1.165) is 24.9 Å². The van der Waals surface area contributed by atoms with Crippen LogP contribution in [-0.2, 0) is 4.79 Å². The van der Waals surface area contributed by atoms with Crippen LogP contribution in [0.4, 0.5) is 0 Å². The first-order valence-electron chi connectivity index (χ1n) is 8.23. The fourth-order valence-electron chi connectivity index (χ4n) is 2.95. The van der Waals surface area contributed by atoms with Crippen LogP contribution >= 0.6 is 11.6 Å². The molecule has 0 bridgehead atoms. The topological polar surface area (TPSA) is 59.2 Å². The van der Waals surface area contributed by atoms with Crippen LogP contribution in [0.25, 0.3) is 11.4 Å². The van der Waals surface area contributed by atoms with Crippen LogP contribution in [0.15, 0.2) is 28.8 Å². The van der Waals surface area contributed by atoms with Crippen molar-refractivity contribution in [1.29, 1.82) is 0 Å². The summed E-state index contributed by atoms with van der Waals surface area (Å²) >= 11 is 5.91. The monoisotopic (exact) mass is 347 g/mol. The molecule has 2 aromatic rings. The molecule has 6 heteroatoms. The maximum absolute atomic E-state index is 12.5. The lowest BCUT2D eigenvalue weighted by atomic mass is 9.91. The second-order valence-electron chi connectivity index (χ2n) is 7.30.